The number of rotatable bonds is 48. The van der Waals surface area contributed by atoms with E-state index in [2.05, 4.69) is 104 Å². The number of nitrogens with one attached hydrogen (secondary N) is 1. The lowest BCUT2D eigenvalue weighted by molar-refractivity contribution is -0.379. The minimum Gasteiger partial charge on any atom is -0.394 e. The molecule has 17 atom stereocenters. The molecule has 500 valence electrons. The first-order chi connectivity index (χ1) is 42.3. The molecule has 0 radical (unpaired) electrons. The second-order valence-electron chi connectivity index (χ2n) is 23.2. The molecule has 19 heteroatoms. The third-order valence-corrected chi connectivity index (χ3v) is 15.9. The first-order valence-electron chi connectivity index (χ1n) is 33.0. The largest absolute Gasteiger partial charge is 0.394 e. The van der Waals surface area contributed by atoms with E-state index in [9.17, 15) is 61.0 Å². The molecule has 3 aliphatic heterocycles. The van der Waals surface area contributed by atoms with E-state index >= 15 is 0 Å². The van der Waals surface area contributed by atoms with Gasteiger partial charge in [-0.05, 0) is 83.5 Å². The summed E-state index contributed by atoms with van der Waals surface area (Å²) in [5, 5.41) is 120. The number of carbonyl (C=O) groups excluding carboxylic acids is 1. The molecule has 0 bridgehead atoms. The van der Waals surface area contributed by atoms with E-state index in [1.807, 2.05) is 6.08 Å². The second kappa shape index (κ2) is 49.4. The van der Waals surface area contributed by atoms with Crippen molar-refractivity contribution in [1.29, 1.82) is 0 Å². The maximum atomic E-state index is 13.3. The van der Waals surface area contributed by atoms with Gasteiger partial charge in [-0.1, -0.05) is 201 Å². The van der Waals surface area contributed by atoms with Gasteiger partial charge in [-0.2, -0.15) is 0 Å². The van der Waals surface area contributed by atoms with E-state index in [1.165, 1.54) is 64.2 Å². The van der Waals surface area contributed by atoms with E-state index in [-0.39, 0.29) is 18.9 Å². The van der Waals surface area contributed by atoms with Gasteiger partial charge in [0, 0.05) is 6.42 Å². The van der Waals surface area contributed by atoms with Crippen LogP contribution >= 0.6 is 0 Å². The number of ether oxygens (including phenoxy) is 6. The van der Waals surface area contributed by atoms with E-state index in [0.717, 1.165) is 96.3 Å². The van der Waals surface area contributed by atoms with Gasteiger partial charge in [-0.25, -0.2) is 0 Å². The summed E-state index contributed by atoms with van der Waals surface area (Å²) < 4.78 is 34.2. The van der Waals surface area contributed by atoms with Crippen LogP contribution < -0.4 is 5.32 Å². The van der Waals surface area contributed by atoms with Crippen LogP contribution in [0, 0.1) is 0 Å². The van der Waals surface area contributed by atoms with Crippen LogP contribution in [0.15, 0.2) is 97.2 Å². The highest BCUT2D eigenvalue weighted by atomic mass is 16.8. The molecule has 3 fully saturated rings. The fourth-order valence-corrected chi connectivity index (χ4v) is 10.5. The van der Waals surface area contributed by atoms with Crippen LogP contribution in [0.2, 0.25) is 0 Å². The lowest BCUT2D eigenvalue weighted by Crippen LogP contribution is -2.66. The summed E-state index contributed by atoms with van der Waals surface area (Å²) in [5.41, 5.74) is 0. The molecule has 1 amide bonds. The number of unbranched alkanes of at least 4 members (excludes halogenated alkanes) is 18. The number of carbonyl (C=O) groups is 1. The van der Waals surface area contributed by atoms with Gasteiger partial charge in [0.1, 0.15) is 73.2 Å². The van der Waals surface area contributed by atoms with Crippen LogP contribution in [0.5, 0.6) is 0 Å². The van der Waals surface area contributed by atoms with Crippen molar-refractivity contribution in [2.45, 2.75) is 298 Å². The summed E-state index contributed by atoms with van der Waals surface area (Å²) in [4.78, 5) is 13.3. The van der Waals surface area contributed by atoms with Crippen molar-refractivity contribution in [2.24, 2.45) is 0 Å². The first-order valence-corrected chi connectivity index (χ1v) is 33.0. The van der Waals surface area contributed by atoms with Crippen molar-refractivity contribution in [1.82, 2.24) is 5.32 Å². The topological polar surface area (TPSA) is 307 Å². The van der Waals surface area contributed by atoms with Crippen molar-refractivity contribution in [3.05, 3.63) is 97.2 Å². The Bertz CT molecular complexity index is 1960. The molecule has 0 aliphatic carbocycles. The van der Waals surface area contributed by atoms with E-state index in [0.29, 0.717) is 12.8 Å². The van der Waals surface area contributed by atoms with Crippen LogP contribution in [-0.2, 0) is 33.2 Å². The number of amides is 1. The number of aliphatic hydroxyl groups is 11. The smallest absolute Gasteiger partial charge is 0.220 e. The molecule has 19 nitrogen and oxygen atoms in total. The number of aliphatic hydroxyl groups excluding tert-OH is 11. The highest BCUT2D eigenvalue weighted by Crippen LogP contribution is 2.33. The monoisotopic (exact) mass is 1230 g/mol. The lowest BCUT2D eigenvalue weighted by atomic mass is 9.96. The van der Waals surface area contributed by atoms with Crippen molar-refractivity contribution >= 4 is 5.91 Å². The summed E-state index contributed by atoms with van der Waals surface area (Å²) in [6.07, 6.45) is 37.1. The Hall–Kier alpha value is -3.29. The summed E-state index contributed by atoms with van der Waals surface area (Å²) in [7, 11) is 0. The Morgan fingerprint density at radius 2 is 0.805 bits per heavy atom. The number of hydrogen-bond acceptors (Lipinski definition) is 18. The van der Waals surface area contributed by atoms with Crippen molar-refractivity contribution in [3.63, 3.8) is 0 Å². The SMILES string of the molecule is CC/C=C\C/C=C\C/C=C\C/C=C\C/C=C\C/C=C\CCCCCCCCCCCCCCCCC(=O)NC(COC1OC(CO)C(OC2OC(CO)C(OC3OC(CO)C(O)C(O)C3O)C(O)C2O)C(O)C1O)C(O)/C=C/CC/C=C/CCCCC. The van der Waals surface area contributed by atoms with Crippen LogP contribution in [0.4, 0.5) is 0 Å². The van der Waals surface area contributed by atoms with Gasteiger partial charge in [0.05, 0.1) is 38.6 Å². The molecule has 3 heterocycles. The quantitative estimate of drug-likeness (QED) is 0.0205. The van der Waals surface area contributed by atoms with E-state index < -0.39 is 124 Å². The van der Waals surface area contributed by atoms with Gasteiger partial charge in [-0.3, -0.25) is 4.79 Å². The Morgan fingerprint density at radius 3 is 1.29 bits per heavy atom. The van der Waals surface area contributed by atoms with E-state index in [4.69, 9.17) is 28.4 Å². The zero-order chi connectivity index (χ0) is 63.3. The molecule has 3 rings (SSSR count). The van der Waals surface area contributed by atoms with Crippen molar-refractivity contribution < 1.29 is 89.4 Å². The Balaban J connectivity index is 1.35. The molecule has 3 aliphatic rings. The van der Waals surface area contributed by atoms with Crippen LogP contribution in [-0.4, -0.2) is 193 Å². The molecular formula is C68H115NO18. The number of allylic oxidation sites excluding steroid dienone is 15. The van der Waals surface area contributed by atoms with Crippen LogP contribution in [0.3, 0.4) is 0 Å². The second-order valence-corrected chi connectivity index (χ2v) is 23.2. The minimum absolute atomic E-state index is 0.229. The molecule has 0 aromatic rings. The molecule has 0 spiro atoms. The zero-order valence-corrected chi connectivity index (χ0v) is 52.5. The summed E-state index contributed by atoms with van der Waals surface area (Å²) in [5.74, 6) is -0.293. The van der Waals surface area contributed by atoms with Crippen molar-refractivity contribution in [2.75, 3.05) is 26.4 Å². The average molecular weight is 1230 g/mol. The summed E-state index contributed by atoms with van der Waals surface area (Å²) in [6.45, 7) is 1.51. The van der Waals surface area contributed by atoms with Gasteiger partial charge in [0.25, 0.3) is 0 Å². The molecule has 12 N–H and O–H groups in total. The van der Waals surface area contributed by atoms with Gasteiger partial charge in [0.2, 0.25) is 5.91 Å². The maximum absolute atomic E-state index is 13.3. The Labute approximate surface area is 520 Å². The highest BCUT2D eigenvalue weighted by molar-refractivity contribution is 5.76. The molecule has 0 saturated carbocycles. The molecule has 17 unspecified atom stereocenters. The molecule has 87 heavy (non-hydrogen) atoms. The third-order valence-electron chi connectivity index (χ3n) is 15.9. The maximum Gasteiger partial charge on any atom is 0.220 e. The van der Waals surface area contributed by atoms with Gasteiger partial charge in [0.15, 0.2) is 18.9 Å². The Kier molecular flexibility index (Phi) is 44.3. The molecule has 3 saturated heterocycles. The van der Waals surface area contributed by atoms with Gasteiger partial charge >= 0.3 is 0 Å². The van der Waals surface area contributed by atoms with E-state index in [1.54, 1.807) is 6.08 Å². The first kappa shape index (κ1) is 78.0. The van der Waals surface area contributed by atoms with Gasteiger partial charge in [-0.15, -0.1) is 0 Å². The fraction of sp³-hybridized carbons (Fsp3) is 0.750. The predicted molar refractivity (Wildman–Crippen MR) is 337 cm³/mol. The highest BCUT2D eigenvalue weighted by Gasteiger charge is 2.53. The number of hydrogen-bond donors (Lipinski definition) is 12. The zero-order valence-electron chi connectivity index (χ0n) is 52.5. The van der Waals surface area contributed by atoms with Crippen molar-refractivity contribution in [3.8, 4) is 0 Å². The summed E-state index contributed by atoms with van der Waals surface area (Å²) >= 11 is 0. The van der Waals surface area contributed by atoms with Crippen LogP contribution in [0.25, 0.3) is 0 Å². The molecule has 0 aromatic heterocycles. The fourth-order valence-electron chi connectivity index (χ4n) is 10.5. The van der Waals surface area contributed by atoms with Gasteiger partial charge < -0.3 is 89.9 Å². The predicted octanol–water partition coefficient (Wildman–Crippen LogP) is 7.71. The normalized spacial score (nSPS) is 29.2. The third kappa shape index (κ3) is 32.0. The molecular weight excluding hydrogens is 1120 g/mol. The molecule has 0 aromatic carbocycles. The lowest BCUT2D eigenvalue weighted by Gasteiger charge is -2.48. The summed E-state index contributed by atoms with van der Waals surface area (Å²) in [6, 6.07) is -0.993. The average Bonchev–Trinajstić information content (AvgIpc) is 1.04. The standard InChI is InChI=1S/C68H115NO18/c1-3-5-7-9-11-13-14-15-16-17-18-19-20-21-22-23-24-25-26-27-28-29-30-31-32-33-34-35-36-38-40-42-44-46-56(74)69-51(52(73)45-43-41-39-37-12-10-8-6-4-2)50-82-66-62(80)59(77)64(54(48-71)84-66)87-68-63(81)60(78)65(55(49-72)85-68)86-67-61(79)58(76)57(75)53(47-70)83-67/h5,7,11-13,15-16,18-19,21-22,24-25,37,43,45,51-55,57-68,70-73,75-81H,3-4,6,8-10,14,17,20,23,26-36,38-42,44,46-50H2,1-2H3,(H,69,74)/b7-5-,13-11-,16-15-,19-18-,22-21-,25-24-,37-12+,45-43+. The Morgan fingerprint density at radius 1 is 0.425 bits per heavy atom. The van der Waals surface area contributed by atoms with Crippen LogP contribution in [0.1, 0.15) is 194 Å². The minimum atomic E-state index is -1.98.